The smallest absolute Gasteiger partial charge is 0.305 e. The quantitative estimate of drug-likeness (QED) is 0.0653. The Morgan fingerprint density at radius 1 is 0.304 bits per heavy atom. The number of unbranched alkanes of at least 4 members (excludes halogenated alkanes) is 8. The number of hydrogen-bond acceptors (Lipinski definition) is 12. The molecule has 0 aromatic carbocycles. The maximum Gasteiger partial charge on any atom is 0.305 e. The minimum atomic E-state index is -0.149. The van der Waals surface area contributed by atoms with Crippen LogP contribution in [0.25, 0.3) is 0 Å². The summed E-state index contributed by atoms with van der Waals surface area (Å²) < 4.78 is 53.9. The van der Waals surface area contributed by atoms with Crippen LogP contribution in [0.2, 0.25) is 0 Å². The van der Waals surface area contributed by atoms with Crippen LogP contribution in [0.5, 0.6) is 0 Å². The summed E-state index contributed by atoms with van der Waals surface area (Å²) in [5.41, 5.74) is 0. The number of esters is 2. The van der Waals surface area contributed by atoms with E-state index in [-0.39, 0.29) is 25.2 Å². The van der Waals surface area contributed by atoms with Gasteiger partial charge in [0.2, 0.25) is 0 Å². The van der Waals surface area contributed by atoms with Crippen molar-refractivity contribution in [2.75, 3.05) is 119 Å². The van der Waals surface area contributed by atoms with Crippen LogP contribution in [0.3, 0.4) is 0 Å². The Hall–Kier alpha value is -1.38. The first-order valence-electron chi connectivity index (χ1n) is 17.6. The van der Waals surface area contributed by atoms with Gasteiger partial charge in [0.25, 0.3) is 0 Å². The third-order valence-electron chi connectivity index (χ3n) is 6.55. The maximum absolute atomic E-state index is 11.6. The fourth-order valence-electron chi connectivity index (χ4n) is 3.96. The van der Waals surface area contributed by atoms with Gasteiger partial charge in [-0.2, -0.15) is 0 Å². The summed E-state index contributed by atoms with van der Waals surface area (Å²) in [7, 11) is 0. The van der Waals surface area contributed by atoms with Crippen LogP contribution in [0.15, 0.2) is 0 Å². The van der Waals surface area contributed by atoms with Crippen LogP contribution in [0.1, 0.15) is 90.9 Å². The van der Waals surface area contributed by atoms with E-state index in [1.807, 2.05) is 0 Å². The van der Waals surface area contributed by atoms with Gasteiger partial charge in [-0.25, -0.2) is 0 Å². The second-order valence-corrected chi connectivity index (χ2v) is 10.7. The molecule has 12 heteroatoms. The molecule has 0 aromatic rings. The molecule has 0 bridgehead atoms. The SMILES string of the molecule is CCCCCCCC(=O)OCCOCCOCCOCCOCCOCCOCCOCCOCCOC(=O)CCCCCCC. The van der Waals surface area contributed by atoms with E-state index < -0.39 is 0 Å². The lowest BCUT2D eigenvalue weighted by molar-refractivity contribution is -0.146. The van der Waals surface area contributed by atoms with Gasteiger partial charge >= 0.3 is 11.9 Å². The van der Waals surface area contributed by atoms with Crippen molar-refractivity contribution >= 4 is 11.9 Å². The topological polar surface area (TPSA) is 126 Å². The van der Waals surface area contributed by atoms with E-state index in [2.05, 4.69) is 13.8 Å². The Kier molecular flexibility index (Phi) is 38.6. The van der Waals surface area contributed by atoms with Crippen molar-refractivity contribution in [3.8, 4) is 0 Å². The van der Waals surface area contributed by atoms with E-state index in [0.717, 1.165) is 25.7 Å². The van der Waals surface area contributed by atoms with Crippen molar-refractivity contribution in [2.45, 2.75) is 90.9 Å². The van der Waals surface area contributed by atoms with Gasteiger partial charge in [-0.1, -0.05) is 65.2 Å². The number of rotatable bonds is 39. The standard InChI is InChI=1S/C34H66O12/c1-3-5-7-9-11-13-33(35)45-31-29-43-27-25-41-23-21-39-19-17-37-15-16-38-18-20-40-22-24-42-26-28-44-30-32-46-34(36)14-12-10-8-6-4-2/h3-32H2,1-2H3. The Labute approximate surface area is 278 Å². The molecule has 0 rings (SSSR count). The van der Waals surface area contributed by atoms with Crippen LogP contribution in [0, 0.1) is 0 Å². The average molecular weight is 667 g/mol. The van der Waals surface area contributed by atoms with Crippen LogP contribution < -0.4 is 0 Å². The summed E-state index contributed by atoms with van der Waals surface area (Å²) in [6, 6.07) is 0. The first-order chi connectivity index (χ1) is 22.7. The summed E-state index contributed by atoms with van der Waals surface area (Å²) in [6.07, 6.45) is 12.1. The van der Waals surface area contributed by atoms with E-state index in [1.165, 1.54) is 38.5 Å². The number of ether oxygens (including phenoxy) is 10. The van der Waals surface area contributed by atoms with Gasteiger partial charge in [-0.05, 0) is 12.8 Å². The van der Waals surface area contributed by atoms with Gasteiger partial charge in [0.15, 0.2) is 0 Å². The first-order valence-corrected chi connectivity index (χ1v) is 17.6. The monoisotopic (exact) mass is 666 g/mol. The van der Waals surface area contributed by atoms with Crippen LogP contribution >= 0.6 is 0 Å². The lowest BCUT2D eigenvalue weighted by Gasteiger charge is -2.09. The summed E-state index contributed by atoms with van der Waals surface area (Å²) >= 11 is 0. The highest BCUT2D eigenvalue weighted by atomic mass is 16.6. The van der Waals surface area contributed by atoms with Crippen LogP contribution in [-0.2, 0) is 57.0 Å². The van der Waals surface area contributed by atoms with Crippen molar-refractivity contribution in [1.82, 2.24) is 0 Å². The van der Waals surface area contributed by atoms with Crippen molar-refractivity contribution < 1.29 is 57.0 Å². The molecule has 0 spiro atoms. The zero-order valence-corrected chi connectivity index (χ0v) is 29.1. The summed E-state index contributed by atoms with van der Waals surface area (Å²) in [6.45, 7) is 12.4. The fourth-order valence-corrected chi connectivity index (χ4v) is 3.96. The Morgan fingerprint density at radius 3 is 0.761 bits per heavy atom. The lowest BCUT2D eigenvalue weighted by atomic mass is 10.1. The molecule has 0 aromatic heterocycles. The van der Waals surface area contributed by atoms with Gasteiger partial charge in [0.05, 0.1) is 106 Å². The largest absolute Gasteiger partial charge is 0.463 e. The highest BCUT2D eigenvalue weighted by Gasteiger charge is 2.03. The molecule has 0 unspecified atom stereocenters. The Morgan fingerprint density at radius 2 is 0.522 bits per heavy atom. The normalized spacial score (nSPS) is 11.3. The van der Waals surface area contributed by atoms with Crippen molar-refractivity contribution in [2.24, 2.45) is 0 Å². The Bertz CT molecular complexity index is 571. The minimum Gasteiger partial charge on any atom is -0.463 e. The van der Waals surface area contributed by atoms with Crippen molar-refractivity contribution in [1.29, 1.82) is 0 Å². The minimum absolute atomic E-state index is 0.149. The maximum atomic E-state index is 11.6. The molecule has 0 saturated carbocycles. The highest BCUT2D eigenvalue weighted by Crippen LogP contribution is 2.06. The first kappa shape index (κ1) is 44.6. The molecule has 0 fully saturated rings. The van der Waals surface area contributed by atoms with E-state index in [4.69, 9.17) is 47.4 Å². The predicted octanol–water partition coefficient (Wildman–Crippen LogP) is 4.93. The molecule has 0 N–H and O–H groups in total. The van der Waals surface area contributed by atoms with E-state index >= 15 is 0 Å². The molecule has 0 aliphatic carbocycles. The zero-order valence-electron chi connectivity index (χ0n) is 29.1. The third kappa shape index (κ3) is 38.8. The Balaban J connectivity index is 3.13. The third-order valence-corrected chi connectivity index (χ3v) is 6.55. The van der Waals surface area contributed by atoms with E-state index in [1.54, 1.807) is 0 Å². The van der Waals surface area contributed by atoms with Gasteiger partial charge < -0.3 is 47.4 Å². The number of carbonyl (C=O) groups is 2. The second-order valence-electron chi connectivity index (χ2n) is 10.7. The molecule has 0 amide bonds. The zero-order chi connectivity index (χ0) is 33.4. The van der Waals surface area contributed by atoms with Crippen LogP contribution in [0.4, 0.5) is 0 Å². The molecule has 12 nitrogen and oxygen atoms in total. The highest BCUT2D eigenvalue weighted by molar-refractivity contribution is 5.69. The second kappa shape index (κ2) is 39.8. The van der Waals surface area contributed by atoms with Crippen molar-refractivity contribution in [3.05, 3.63) is 0 Å². The summed E-state index contributed by atoms with van der Waals surface area (Å²) in [5.74, 6) is -0.297. The molecule has 46 heavy (non-hydrogen) atoms. The van der Waals surface area contributed by atoms with Crippen LogP contribution in [-0.4, -0.2) is 131 Å². The molecule has 0 atom stereocenters. The van der Waals surface area contributed by atoms with E-state index in [9.17, 15) is 9.59 Å². The molecule has 0 radical (unpaired) electrons. The number of hydrogen-bond donors (Lipinski definition) is 0. The molecule has 274 valence electrons. The summed E-state index contributed by atoms with van der Waals surface area (Å²) in [4.78, 5) is 23.2. The molecule has 0 aliphatic rings. The van der Waals surface area contributed by atoms with Gasteiger partial charge in [-0.3, -0.25) is 9.59 Å². The van der Waals surface area contributed by atoms with Gasteiger partial charge in [0.1, 0.15) is 13.2 Å². The molecule has 0 aliphatic heterocycles. The molecular formula is C34H66O12. The molecule has 0 heterocycles. The molecule has 0 saturated heterocycles. The fraction of sp³-hybridized carbons (Fsp3) is 0.941. The average Bonchev–Trinajstić information content (AvgIpc) is 3.05. The predicted molar refractivity (Wildman–Crippen MR) is 175 cm³/mol. The van der Waals surface area contributed by atoms with E-state index in [0.29, 0.717) is 119 Å². The lowest BCUT2D eigenvalue weighted by Crippen LogP contribution is -2.15. The van der Waals surface area contributed by atoms with Crippen molar-refractivity contribution in [3.63, 3.8) is 0 Å². The molecular weight excluding hydrogens is 600 g/mol. The summed E-state index contributed by atoms with van der Waals surface area (Å²) in [5, 5.41) is 0. The van der Waals surface area contributed by atoms with Gasteiger partial charge in [0, 0.05) is 12.8 Å². The number of carbonyl (C=O) groups excluding carboxylic acids is 2. The van der Waals surface area contributed by atoms with Gasteiger partial charge in [-0.15, -0.1) is 0 Å².